The minimum absolute atomic E-state index is 0.226. The topological polar surface area (TPSA) is 72.4 Å². The van der Waals surface area contributed by atoms with Gasteiger partial charge in [0.25, 0.3) is 0 Å². The van der Waals surface area contributed by atoms with Crippen LogP contribution in [-0.4, -0.2) is 20.2 Å². The van der Waals surface area contributed by atoms with E-state index in [4.69, 9.17) is 32.6 Å². The summed E-state index contributed by atoms with van der Waals surface area (Å²) in [7, 11) is 0. The molecule has 12 rings (SSSR count). The lowest BCUT2D eigenvalue weighted by Crippen LogP contribution is -2.03. The molecular weight excluding hydrogens is 1280 g/mol. The molecule has 0 bridgehead atoms. The molecule has 3 heterocycles. The van der Waals surface area contributed by atoms with Crippen LogP contribution in [0.4, 0.5) is 11.4 Å². The van der Waals surface area contributed by atoms with Gasteiger partial charge >= 0.3 is 0 Å². The fourth-order valence-corrected chi connectivity index (χ4v) is 11.8. The van der Waals surface area contributed by atoms with Crippen LogP contribution in [0.2, 0.25) is 10.0 Å². The van der Waals surface area contributed by atoms with Crippen molar-refractivity contribution in [3.63, 3.8) is 0 Å². The van der Waals surface area contributed by atoms with Gasteiger partial charge in [-0.05, 0) is 135 Å². The van der Waals surface area contributed by atoms with Gasteiger partial charge in [0.05, 0.1) is 21.4 Å². The van der Waals surface area contributed by atoms with Crippen LogP contribution in [0.1, 0.15) is 191 Å². The van der Waals surface area contributed by atoms with Crippen molar-refractivity contribution in [2.75, 3.05) is 5.32 Å². The van der Waals surface area contributed by atoms with Crippen LogP contribution in [0.15, 0.2) is 266 Å². The monoisotopic (exact) mass is 1380 g/mol. The molecule has 1 N–H and O–H groups in total. The van der Waals surface area contributed by atoms with Crippen molar-refractivity contribution in [1.82, 2.24) is 14.4 Å². The second-order valence-corrected chi connectivity index (χ2v) is 29.7. The van der Waals surface area contributed by atoms with Gasteiger partial charge in [-0.2, -0.15) is 0 Å². The summed E-state index contributed by atoms with van der Waals surface area (Å²) in [5.41, 5.74) is 19.6. The van der Waals surface area contributed by atoms with Gasteiger partial charge in [-0.1, -0.05) is 352 Å². The van der Waals surface area contributed by atoms with E-state index in [1.54, 1.807) is 0 Å². The van der Waals surface area contributed by atoms with Crippen LogP contribution >= 0.6 is 23.2 Å². The maximum atomic E-state index is 11.9. The highest BCUT2D eigenvalue weighted by molar-refractivity contribution is 6.39. The summed E-state index contributed by atoms with van der Waals surface area (Å²) in [6.45, 7) is 35.2. The fraction of sp³-hybridized carbons (Fsp3) is 0.301. The van der Waals surface area contributed by atoms with E-state index in [0.29, 0.717) is 52.0 Å². The second kappa shape index (κ2) is 40.4. The third-order valence-corrected chi connectivity index (χ3v) is 17.5. The first-order valence-electron chi connectivity index (χ1n) is 36.2. The molecule has 0 unspecified atom stereocenters. The van der Waals surface area contributed by atoms with Crippen molar-refractivity contribution in [2.24, 2.45) is 23.7 Å². The molecule has 101 heavy (non-hydrogen) atoms. The predicted molar refractivity (Wildman–Crippen MR) is 435 cm³/mol. The summed E-state index contributed by atoms with van der Waals surface area (Å²) in [6.07, 6.45) is 7.95. The number of hydrogen-bond acceptors (Lipinski definition) is 5. The number of nitrogens with one attached hydrogen (secondary N) is 1. The number of Topliss-reactive ketones (excluding diaryl/α,β-unsaturated/α-hetero) is 1. The number of para-hydroxylation sites is 2. The quantitative estimate of drug-likeness (QED) is 0.0817. The molecule has 0 spiro atoms. The fourth-order valence-electron chi connectivity index (χ4n) is 11.3. The Morgan fingerprint density at radius 1 is 0.406 bits per heavy atom. The number of oxazole rings is 1. The lowest BCUT2D eigenvalue weighted by Gasteiger charge is -2.16. The Balaban J connectivity index is 0.000000171. The van der Waals surface area contributed by atoms with Crippen LogP contribution in [-0.2, 0) is 19.3 Å². The average molecular weight is 1380 g/mol. The smallest absolute Gasteiger partial charge is 0.195 e. The van der Waals surface area contributed by atoms with Crippen molar-refractivity contribution in [1.29, 1.82) is 0 Å². The van der Waals surface area contributed by atoms with E-state index in [1.807, 2.05) is 144 Å². The first-order chi connectivity index (χ1) is 48.4. The Kier molecular flexibility index (Phi) is 31.7. The molecule has 3 aromatic heterocycles. The number of anilines is 2. The number of hydrogen-bond donors (Lipinski definition) is 1. The average Bonchev–Trinajstić information content (AvgIpc) is 1.59. The Labute approximate surface area is 615 Å². The van der Waals surface area contributed by atoms with Gasteiger partial charge in [-0.25, -0.2) is 9.97 Å². The molecule has 0 aliphatic heterocycles. The summed E-state index contributed by atoms with van der Waals surface area (Å²) in [5, 5.41) is 4.58. The van der Waals surface area contributed by atoms with E-state index >= 15 is 0 Å². The van der Waals surface area contributed by atoms with E-state index in [-0.39, 0.29) is 5.78 Å². The van der Waals surface area contributed by atoms with Gasteiger partial charge in [0.2, 0.25) is 0 Å². The summed E-state index contributed by atoms with van der Waals surface area (Å²) >= 11 is 12.3. The first-order valence-corrected chi connectivity index (χ1v) is 37.0. The third kappa shape index (κ3) is 25.8. The van der Waals surface area contributed by atoms with Gasteiger partial charge < -0.3 is 14.1 Å². The number of pyridine rings is 1. The summed E-state index contributed by atoms with van der Waals surface area (Å²) < 4.78 is 8.10. The molecule has 9 aromatic carbocycles. The molecule has 0 saturated carbocycles. The molecule has 0 aliphatic carbocycles. The molecule has 0 fully saturated rings. The highest BCUT2D eigenvalue weighted by Gasteiger charge is 2.18. The third-order valence-electron chi connectivity index (χ3n) is 16.9. The van der Waals surface area contributed by atoms with Crippen molar-refractivity contribution in [3.8, 4) is 45.0 Å². The number of carbonyl (C=O) groups excluding carboxylic acids is 1. The molecule has 0 amide bonds. The summed E-state index contributed by atoms with van der Waals surface area (Å²) in [6, 6.07) is 84.9. The number of nitrogens with zero attached hydrogens (tertiary/aromatic N) is 3. The number of ketones is 1. The number of carbonyl (C=O) groups is 1. The van der Waals surface area contributed by atoms with Crippen LogP contribution in [0.25, 0.3) is 50.6 Å². The van der Waals surface area contributed by atoms with Crippen LogP contribution in [0.3, 0.4) is 0 Å². The zero-order valence-corrected chi connectivity index (χ0v) is 64.2. The Morgan fingerprint density at radius 3 is 1.31 bits per heavy atom. The van der Waals surface area contributed by atoms with Crippen molar-refractivity contribution >= 4 is 46.0 Å². The number of fused-ring (bicyclic) bond motifs is 1. The molecule has 526 valence electrons. The van der Waals surface area contributed by atoms with E-state index < -0.39 is 0 Å². The molecule has 0 saturated heterocycles. The second-order valence-electron chi connectivity index (χ2n) is 28.9. The van der Waals surface area contributed by atoms with Crippen molar-refractivity contribution in [3.05, 3.63) is 316 Å². The van der Waals surface area contributed by atoms with E-state index in [1.165, 1.54) is 57.3 Å². The zero-order valence-electron chi connectivity index (χ0n) is 62.7. The standard InChI is InChI=1S/C19H19NO.C17H18O.C16H16N2.C15H15Cl2N.2C13H20/c1-14(2)13-17-20-18(15-9-5-3-6-10-15)19(21-17)16-11-7-4-8-12-16;1-13(2)12-17(18)16-10-8-15(9-11-16)14-6-4-3-5-7-14;1-12(2)13-6-8-14(9-7-13)15-11-18-10-4-3-5-16(18)17-15;1-10(2)11-6-3-4-9-14(11)18-15-12(16)7-5-8-13(15)17;2*1-10(2)9-12-5-7-13(8-6-12)11(3)4/h3-12,14H,13H2,1-2H3;3-11,13H,12H2,1-2H3;3-12H,1-2H3;3-10,18H,1-2H3;2*5-8,10-11H,9H2,1-4H3. The SMILES string of the molecule is CC(C)CC(=O)c1ccc(-c2ccccc2)cc1.CC(C)Cc1ccc(C(C)C)cc1.CC(C)Cc1ccc(C(C)C)cc1.CC(C)Cc1nc(-c2ccccc2)c(-c2ccccc2)o1.CC(C)c1ccc(-c2cn3ccccc3n2)cc1.CC(C)c1ccccc1Nc1c(Cl)cccc1Cl. The van der Waals surface area contributed by atoms with E-state index in [0.717, 1.165) is 80.6 Å². The molecular formula is C93H108Cl2N4O2. The number of halogens is 2. The van der Waals surface area contributed by atoms with Crippen molar-refractivity contribution < 1.29 is 9.21 Å². The Bertz CT molecular complexity index is 4170. The van der Waals surface area contributed by atoms with Gasteiger partial charge in [0.1, 0.15) is 11.3 Å². The highest BCUT2D eigenvalue weighted by atomic mass is 35.5. The van der Waals surface area contributed by atoms with Gasteiger partial charge in [-0.3, -0.25) is 4.79 Å². The summed E-state index contributed by atoms with van der Waals surface area (Å²) in [4.78, 5) is 21.3. The lowest BCUT2D eigenvalue weighted by molar-refractivity contribution is 0.0967. The van der Waals surface area contributed by atoms with Gasteiger partial charge in [0.15, 0.2) is 17.4 Å². The molecule has 6 nitrogen and oxygen atoms in total. The molecule has 0 radical (unpaired) electrons. The predicted octanol–water partition coefficient (Wildman–Crippen LogP) is 27.8. The number of benzene rings is 9. The number of imidazole rings is 1. The van der Waals surface area contributed by atoms with E-state index in [2.05, 4.69) is 243 Å². The minimum atomic E-state index is 0.226. The molecule has 12 aromatic rings. The minimum Gasteiger partial charge on any atom is -0.440 e. The zero-order chi connectivity index (χ0) is 73.0. The molecule has 0 aliphatic rings. The lowest BCUT2D eigenvalue weighted by atomic mass is 9.98. The van der Waals surface area contributed by atoms with Gasteiger partial charge in [-0.15, -0.1) is 0 Å². The van der Waals surface area contributed by atoms with Gasteiger partial charge in [0, 0.05) is 53.2 Å². The normalized spacial score (nSPS) is 11.0. The van der Waals surface area contributed by atoms with Crippen LogP contribution < -0.4 is 5.32 Å². The number of aromatic nitrogens is 3. The van der Waals surface area contributed by atoms with Crippen molar-refractivity contribution in [2.45, 2.75) is 160 Å². The molecule has 8 heteroatoms. The van der Waals surface area contributed by atoms with E-state index in [9.17, 15) is 4.79 Å². The number of rotatable bonds is 19. The van der Waals surface area contributed by atoms with Crippen LogP contribution in [0.5, 0.6) is 0 Å². The van der Waals surface area contributed by atoms with Crippen LogP contribution in [0, 0.1) is 23.7 Å². The Hall–Kier alpha value is -9.07. The summed E-state index contributed by atoms with van der Waals surface area (Å²) in [5.74, 6) is 6.64. The Morgan fingerprint density at radius 2 is 0.842 bits per heavy atom. The molecule has 0 atom stereocenters. The largest absolute Gasteiger partial charge is 0.440 e. The first kappa shape index (κ1) is 79.3. The maximum Gasteiger partial charge on any atom is 0.195 e. The maximum absolute atomic E-state index is 11.9. The highest BCUT2D eigenvalue weighted by Crippen LogP contribution is 2.36.